The maximum atomic E-state index is 10.6. The van der Waals surface area contributed by atoms with Gasteiger partial charge in [0.05, 0.1) is 44.0 Å². The smallest absolute Gasteiger partial charge is 0.490 e. The number of alkyl halides is 3. The first-order valence-electron chi connectivity index (χ1n) is 10.3. The van der Waals surface area contributed by atoms with Crippen molar-refractivity contribution in [1.29, 1.82) is 0 Å². The van der Waals surface area contributed by atoms with Crippen LogP contribution >= 0.6 is 11.6 Å². The molecule has 11 nitrogen and oxygen atoms in total. The number of fused-ring (bicyclic) bond motifs is 1. The summed E-state index contributed by atoms with van der Waals surface area (Å²) in [7, 11) is 3.10. The Labute approximate surface area is 212 Å². The van der Waals surface area contributed by atoms with Crippen LogP contribution in [0.1, 0.15) is 12.6 Å². The van der Waals surface area contributed by atoms with E-state index >= 15 is 0 Å². The number of carboxylic acid groups (broad SMARTS) is 1. The number of aliphatic carboxylic acids is 1. The van der Waals surface area contributed by atoms with Gasteiger partial charge in [0, 0.05) is 17.8 Å². The van der Waals surface area contributed by atoms with Crippen LogP contribution in [0.15, 0.2) is 36.9 Å². The van der Waals surface area contributed by atoms with Crippen molar-refractivity contribution in [3.8, 4) is 34.9 Å². The lowest BCUT2D eigenvalue weighted by Gasteiger charge is -2.10. The number of hydrogen-bond donors (Lipinski definition) is 2. The molecule has 15 heteroatoms. The summed E-state index contributed by atoms with van der Waals surface area (Å²) in [6.07, 6.45) is 1.82. The summed E-state index contributed by atoms with van der Waals surface area (Å²) in [5.41, 5.74) is 1.30. The Bertz CT molecular complexity index is 1400. The summed E-state index contributed by atoms with van der Waals surface area (Å²) in [5.74, 6) is -0.598. The number of methoxy groups -OCH3 is 2. The number of aryl methyl sites for hydroxylation is 1. The Morgan fingerprint density at radius 3 is 1.97 bits per heavy atom. The first-order valence-corrected chi connectivity index (χ1v) is 10.7. The molecule has 2 N–H and O–H groups in total. The van der Waals surface area contributed by atoms with Gasteiger partial charge in [0.1, 0.15) is 22.5 Å². The van der Waals surface area contributed by atoms with Crippen molar-refractivity contribution in [3.05, 3.63) is 47.6 Å². The number of ether oxygens (including phenoxy) is 4. The van der Waals surface area contributed by atoms with E-state index in [1.807, 2.05) is 6.92 Å². The van der Waals surface area contributed by atoms with E-state index in [-0.39, 0.29) is 11.9 Å². The van der Waals surface area contributed by atoms with Crippen LogP contribution in [0, 0.1) is 0 Å². The van der Waals surface area contributed by atoms with Gasteiger partial charge in [0.25, 0.3) is 0 Å². The molecule has 196 valence electrons. The third-order valence-electron chi connectivity index (χ3n) is 4.48. The molecule has 4 rings (SSSR count). The minimum Gasteiger partial charge on any atom is -0.495 e. The van der Waals surface area contributed by atoms with Gasteiger partial charge in [-0.15, -0.1) is 0 Å². The van der Waals surface area contributed by atoms with Gasteiger partial charge in [-0.3, -0.25) is 9.97 Å². The third kappa shape index (κ3) is 6.88. The van der Waals surface area contributed by atoms with Crippen LogP contribution in [0.2, 0.25) is 5.02 Å². The van der Waals surface area contributed by atoms with Crippen LogP contribution < -0.4 is 18.9 Å². The second kappa shape index (κ2) is 11.6. The van der Waals surface area contributed by atoms with E-state index in [0.29, 0.717) is 45.5 Å². The van der Waals surface area contributed by atoms with Crippen molar-refractivity contribution in [3.63, 3.8) is 0 Å². The number of carbonyl (C=O) groups is 1. The quantitative estimate of drug-likeness (QED) is 0.320. The van der Waals surface area contributed by atoms with E-state index in [0.717, 1.165) is 5.69 Å². The topological polar surface area (TPSA) is 142 Å². The van der Waals surface area contributed by atoms with Gasteiger partial charge in [0.2, 0.25) is 5.88 Å². The minimum absolute atomic E-state index is 0.0592. The molecule has 0 aliphatic heterocycles. The highest BCUT2D eigenvalue weighted by atomic mass is 35.5. The van der Waals surface area contributed by atoms with Gasteiger partial charge in [-0.2, -0.15) is 23.1 Å². The molecule has 0 bridgehead atoms. The van der Waals surface area contributed by atoms with Crippen LogP contribution in [0.4, 0.5) is 13.2 Å². The number of halogens is 4. The molecule has 0 aliphatic rings. The summed E-state index contributed by atoms with van der Waals surface area (Å²) in [5, 5.41) is 8.17. The van der Waals surface area contributed by atoms with Crippen LogP contribution in [0.25, 0.3) is 11.0 Å². The number of aromatic nitrogens is 5. The van der Waals surface area contributed by atoms with Crippen molar-refractivity contribution in [2.75, 3.05) is 14.2 Å². The number of carboxylic acids is 1. The summed E-state index contributed by atoms with van der Waals surface area (Å²) in [6.45, 7) is 1.98. The van der Waals surface area contributed by atoms with Gasteiger partial charge in [0.15, 0.2) is 11.5 Å². The molecular formula is C22H19ClF3N5O6. The molecule has 0 amide bonds. The predicted octanol–water partition coefficient (Wildman–Crippen LogP) is 5.20. The lowest BCUT2D eigenvalue weighted by atomic mass is 10.3. The van der Waals surface area contributed by atoms with Crippen LogP contribution in [-0.2, 0) is 11.2 Å². The lowest BCUT2D eigenvalue weighted by Crippen LogP contribution is -2.21. The van der Waals surface area contributed by atoms with Crippen molar-refractivity contribution in [1.82, 2.24) is 24.9 Å². The van der Waals surface area contributed by atoms with E-state index in [1.165, 1.54) is 6.20 Å². The Balaban J connectivity index is 0.000000479. The number of H-pyrrole nitrogens is 1. The SMILES string of the molecule is CCc1[nH]c2nc(Oc3cncc(OC)c3)nc(Oc3cncc(OC)c3)c2c1Cl.O=C(O)C(F)(F)F. The fourth-order valence-electron chi connectivity index (χ4n) is 2.77. The number of aromatic amines is 1. The Morgan fingerprint density at radius 1 is 0.973 bits per heavy atom. The standard InChI is InChI=1S/C20H18ClN5O4.C2HF3O2/c1-4-15-17(21)16-18(24-15)25-20(30-14-6-12(28-3)8-23-10-14)26-19(16)29-13-5-11(27-2)7-22-9-13;3-2(4,5)1(6)7/h5-10H,4H2,1-3H3,(H,24,25,26);(H,6,7). The van der Waals surface area contributed by atoms with E-state index in [9.17, 15) is 13.2 Å². The molecule has 4 heterocycles. The predicted molar refractivity (Wildman–Crippen MR) is 124 cm³/mol. The van der Waals surface area contributed by atoms with Crippen molar-refractivity contribution < 1.29 is 42.0 Å². The minimum atomic E-state index is -5.08. The lowest BCUT2D eigenvalue weighted by molar-refractivity contribution is -0.192. The molecule has 0 saturated heterocycles. The van der Waals surface area contributed by atoms with E-state index in [2.05, 4.69) is 24.9 Å². The molecule has 0 radical (unpaired) electrons. The van der Waals surface area contributed by atoms with Crippen LogP contribution in [0.5, 0.6) is 34.9 Å². The summed E-state index contributed by atoms with van der Waals surface area (Å²) in [4.78, 5) is 29.1. The zero-order valence-corrected chi connectivity index (χ0v) is 20.2. The van der Waals surface area contributed by atoms with Gasteiger partial charge in [-0.25, -0.2) is 4.79 Å². The molecule has 4 aromatic rings. The van der Waals surface area contributed by atoms with Gasteiger partial charge < -0.3 is 29.0 Å². The fraction of sp³-hybridized carbons (Fsp3) is 0.227. The van der Waals surface area contributed by atoms with E-state index in [1.54, 1.807) is 44.9 Å². The number of nitrogens with zero attached hydrogens (tertiary/aromatic N) is 4. The van der Waals surface area contributed by atoms with E-state index in [4.69, 9.17) is 40.4 Å². The monoisotopic (exact) mass is 541 g/mol. The highest BCUT2D eigenvalue weighted by Crippen LogP contribution is 2.37. The number of pyridine rings is 2. The molecule has 0 aliphatic carbocycles. The molecule has 37 heavy (non-hydrogen) atoms. The molecule has 0 unspecified atom stereocenters. The second-order valence-electron chi connectivity index (χ2n) is 6.93. The Kier molecular flexibility index (Phi) is 8.55. The molecular weight excluding hydrogens is 523 g/mol. The average Bonchev–Trinajstić information content (AvgIpc) is 3.19. The van der Waals surface area contributed by atoms with Crippen LogP contribution in [0.3, 0.4) is 0 Å². The Morgan fingerprint density at radius 2 is 1.49 bits per heavy atom. The number of rotatable bonds is 7. The first kappa shape index (κ1) is 27.3. The maximum absolute atomic E-state index is 10.6. The van der Waals surface area contributed by atoms with Crippen molar-refractivity contribution >= 4 is 28.6 Å². The number of hydrogen-bond acceptors (Lipinski definition) is 9. The van der Waals surface area contributed by atoms with Crippen LogP contribution in [-0.4, -0.2) is 56.4 Å². The first-order chi connectivity index (χ1) is 17.5. The number of nitrogens with one attached hydrogen (secondary N) is 1. The van der Waals surface area contributed by atoms with Gasteiger partial charge in [-0.05, 0) is 6.42 Å². The van der Waals surface area contributed by atoms with Crippen molar-refractivity contribution in [2.45, 2.75) is 19.5 Å². The molecule has 0 fully saturated rings. The molecule has 4 aromatic heterocycles. The highest BCUT2D eigenvalue weighted by Gasteiger charge is 2.38. The van der Waals surface area contributed by atoms with E-state index < -0.39 is 12.1 Å². The molecule has 0 spiro atoms. The fourth-order valence-corrected chi connectivity index (χ4v) is 3.12. The van der Waals surface area contributed by atoms with Gasteiger partial charge >= 0.3 is 18.2 Å². The zero-order chi connectivity index (χ0) is 27.2. The average molecular weight is 542 g/mol. The summed E-state index contributed by atoms with van der Waals surface area (Å²) >= 11 is 6.54. The summed E-state index contributed by atoms with van der Waals surface area (Å²) in [6, 6.07) is 3.42. The molecule has 0 atom stereocenters. The highest BCUT2D eigenvalue weighted by molar-refractivity contribution is 6.36. The second-order valence-corrected chi connectivity index (χ2v) is 7.31. The Hall–Kier alpha value is -4.33. The summed E-state index contributed by atoms with van der Waals surface area (Å²) < 4.78 is 53.9. The normalized spacial score (nSPS) is 10.9. The molecule has 0 aromatic carbocycles. The van der Waals surface area contributed by atoms with Crippen molar-refractivity contribution in [2.24, 2.45) is 0 Å². The van der Waals surface area contributed by atoms with Gasteiger partial charge in [-0.1, -0.05) is 18.5 Å². The largest absolute Gasteiger partial charge is 0.495 e. The zero-order valence-electron chi connectivity index (χ0n) is 19.5. The third-order valence-corrected chi connectivity index (χ3v) is 4.89. The molecule has 0 saturated carbocycles. The maximum Gasteiger partial charge on any atom is 0.490 e.